The summed E-state index contributed by atoms with van der Waals surface area (Å²) in [6.45, 7) is 0.147. The molecule has 174 valence electrons. The number of carbonyl (C=O) groups is 3. The number of benzene rings is 3. The maximum atomic E-state index is 13.2. The van der Waals surface area contributed by atoms with E-state index in [0.717, 1.165) is 0 Å². The highest BCUT2D eigenvalue weighted by atomic mass is 19.1. The van der Waals surface area contributed by atoms with Crippen LogP contribution in [0.1, 0.15) is 37.9 Å². The predicted octanol–water partition coefficient (Wildman–Crippen LogP) is 2.78. The maximum Gasteiger partial charge on any atom is 0.252 e. The first kappa shape index (κ1) is 23.0. The second kappa shape index (κ2) is 10.2. The lowest BCUT2D eigenvalue weighted by Crippen LogP contribution is -2.51. The molecule has 8 heteroatoms. The molecular weight excluding hydrogens is 437 g/mol. The van der Waals surface area contributed by atoms with Gasteiger partial charge in [0.15, 0.2) is 0 Å². The number of ether oxygens (including phenoxy) is 1. The molecule has 3 aromatic rings. The second-order valence-electron chi connectivity index (χ2n) is 7.90. The van der Waals surface area contributed by atoms with Crippen LogP contribution in [-0.2, 0) is 11.2 Å². The van der Waals surface area contributed by atoms with E-state index in [1.54, 1.807) is 42.5 Å². The van der Waals surface area contributed by atoms with E-state index in [1.807, 2.05) is 18.2 Å². The Morgan fingerprint density at radius 1 is 0.882 bits per heavy atom. The molecule has 0 fully saturated rings. The zero-order chi connectivity index (χ0) is 24.1. The molecule has 0 bridgehead atoms. The molecule has 34 heavy (non-hydrogen) atoms. The zero-order valence-electron chi connectivity index (χ0n) is 18.5. The lowest BCUT2D eigenvalue weighted by atomic mass is 9.95. The van der Waals surface area contributed by atoms with Crippen molar-refractivity contribution in [2.24, 2.45) is 0 Å². The Kier molecular flexibility index (Phi) is 6.87. The highest BCUT2D eigenvalue weighted by Gasteiger charge is 2.34. The van der Waals surface area contributed by atoms with Gasteiger partial charge < -0.3 is 20.7 Å². The molecule has 1 aliphatic rings. The molecule has 0 saturated carbocycles. The van der Waals surface area contributed by atoms with Crippen molar-refractivity contribution in [2.75, 3.05) is 13.7 Å². The van der Waals surface area contributed by atoms with E-state index in [-0.39, 0.29) is 41.8 Å². The minimum absolute atomic E-state index is 0.0542. The lowest BCUT2D eigenvalue weighted by molar-refractivity contribution is -0.121. The van der Waals surface area contributed by atoms with Gasteiger partial charge in [-0.05, 0) is 35.9 Å². The largest absolute Gasteiger partial charge is 0.491 e. The number of para-hydroxylation sites is 1. The number of hydrogen-bond donors (Lipinski definition) is 3. The molecule has 0 aliphatic carbocycles. The average Bonchev–Trinajstić information content (AvgIpc) is 2.86. The minimum Gasteiger partial charge on any atom is -0.491 e. The third-order valence-electron chi connectivity index (χ3n) is 5.63. The SMILES string of the molecule is CNC(=O)c1ccccc1C(=O)NC1c2ccccc2OCC1NC(=O)Cc1ccc(F)cc1. The Morgan fingerprint density at radius 3 is 2.24 bits per heavy atom. The van der Waals surface area contributed by atoms with E-state index in [4.69, 9.17) is 4.74 Å². The van der Waals surface area contributed by atoms with Crippen molar-refractivity contribution in [1.82, 2.24) is 16.0 Å². The molecule has 2 unspecified atom stereocenters. The van der Waals surface area contributed by atoms with Gasteiger partial charge in [-0.15, -0.1) is 0 Å². The van der Waals surface area contributed by atoms with Crippen LogP contribution in [0.2, 0.25) is 0 Å². The van der Waals surface area contributed by atoms with Crippen molar-refractivity contribution in [3.63, 3.8) is 0 Å². The van der Waals surface area contributed by atoms with Gasteiger partial charge in [-0.3, -0.25) is 14.4 Å². The zero-order valence-corrected chi connectivity index (χ0v) is 18.5. The van der Waals surface area contributed by atoms with E-state index in [2.05, 4.69) is 16.0 Å². The molecule has 0 aromatic heterocycles. The Morgan fingerprint density at radius 2 is 1.53 bits per heavy atom. The molecule has 0 spiro atoms. The molecule has 0 radical (unpaired) electrons. The summed E-state index contributed by atoms with van der Waals surface area (Å²) in [7, 11) is 1.50. The van der Waals surface area contributed by atoms with E-state index < -0.39 is 18.0 Å². The summed E-state index contributed by atoms with van der Waals surface area (Å²) < 4.78 is 19.0. The van der Waals surface area contributed by atoms with Gasteiger partial charge in [0.25, 0.3) is 11.8 Å². The first-order valence-corrected chi connectivity index (χ1v) is 10.8. The second-order valence-corrected chi connectivity index (χ2v) is 7.90. The molecule has 2 atom stereocenters. The van der Waals surface area contributed by atoms with Crippen molar-refractivity contribution in [3.8, 4) is 5.75 Å². The topological polar surface area (TPSA) is 96.5 Å². The van der Waals surface area contributed by atoms with Crippen LogP contribution < -0.4 is 20.7 Å². The molecule has 1 aliphatic heterocycles. The standard InChI is InChI=1S/C26H24FN3O4/c1-28-25(32)18-6-2-3-7-19(18)26(33)30-24-20-8-4-5-9-22(20)34-15-21(24)29-23(31)14-16-10-12-17(27)13-11-16/h2-13,21,24H,14-15H2,1H3,(H,28,32)(H,29,31)(H,30,33). The van der Waals surface area contributed by atoms with Gasteiger partial charge in [0, 0.05) is 12.6 Å². The lowest BCUT2D eigenvalue weighted by Gasteiger charge is -2.34. The summed E-state index contributed by atoms with van der Waals surface area (Å²) >= 11 is 0. The molecule has 3 aromatic carbocycles. The van der Waals surface area contributed by atoms with E-state index >= 15 is 0 Å². The maximum absolute atomic E-state index is 13.2. The summed E-state index contributed by atoms with van der Waals surface area (Å²) in [5, 5.41) is 8.44. The van der Waals surface area contributed by atoms with E-state index in [1.165, 1.54) is 19.2 Å². The van der Waals surface area contributed by atoms with E-state index in [0.29, 0.717) is 16.9 Å². The third-order valence-corrected chi connectivity index (χ3v) is 5.63. The van der Waals surface area contributed by atoms with Gasteiger partial charge in [-0.1, -0.05) is 42.5 Å². The summed E-state index contributed by atoms with van der Waals surface area (Å²) in [5.41, 5.74) is 1.85. The number of nitrogens with one attached hydrogen (secondary N) is 3. The predicted molar refractivity (Wildman–Crippen MR) is 124 cm³/mol. The average molecular weight is 461 g/mol. The van der Waals surface area contributed by atoms with Crippen LogP contribution in [0, 0.1) is 5.82 Å². The number of amides is 3. The Bertz CT molecular complexity index is 1210. The minimum atomic E-state index is -0.590. The van der Waals surface area contributed by atoms with Crippen LogP contribution in [-0.4, -0.2) is 37.4 Å². The molecule has 0 saturated heterocycles. The van der Waals surface area contributed by atoms with Crippen molar-refractivity contribution in [2.45, 2.75) is 18.5 Å². The van der Waals surface area contributed by atoms with Crippen LogP contribution in [0.4, 0.5) is 4.39 Å². The first-order valence-electron chi connectivity index (χ1n) is 10.8. The van der Waals surface area contributed by atoms with Crippen LogP contribution in [0.3, 0.4) is 0 Å². The number of carbonyl (C=O) groups excluding carboxylic acids is 3. The summed E-state index contributed by atoms with van der Waals surface area (Å²) in [6, 6.07) is 18.3. The normalized spacial score (nSPS) is 16.5. The fourth-order valence-corrected chi connectivity index (χ4v) is 3.94. The van der Waals surface area contributed by atoms with Crippen LogP contribution in [0.25, 0.3) is 0 Å². The van der Waals surface area contributed by atoms with Crippen LogP contribution in [0.15, 0.2) is 72.8 Å². The van der Waals surface area contributed by atoms with Gasteiger partial charge in [0.2, 0.25) is 5.91 Å². The van der Waals surface area contributed by atoms with Gasteiger partial charge in [-0.25, -0.2) is 4.39 Å². The van der Waals surface area contributed by atoms with Crippen molar-refractivity contribution >= 4 is 17.7 Å². The number of rotatable bonds is 6. The van der Waals surface area contributed by atoms with Gasteiger partial charge in [0.1, 0.15) is 18.2 Å². The summed E-state index contributed by atoms with van der Waals surface area (Å²) in [4.78, 5) is 38.2. The summed E-state index contributed by atoms with van der Waals surface area (Å²) in [6.07, 6.45) is 0.0542. The first-order chi connectivity index (χ1) is 16.5. The fourth-order valence-electron chi connectivity index (χ4n) is 3.94. The number of fused-ring (bicyclic) bond motifs is 1. The van der Waals surface area contributed by atoms with Crippen molar-refractivity contribution in [1.29, 1.82) is 0 Å². The van der Waals surface area contributed by atoms with E-state index in [9.17, 15) is 18.8 Å². The number of hydrogen-bond acceptors (Lipinski definition) is 4. The quantitative estimate of drug-likeness (QED) is 0.526. The Hall–Kier alpha value is -4.20. The fraction of sp³-hybridized carbons (Fsp3) is 0.192. The molecule has 7 nitrogen and oxygen atoms in total. The summed E-state index contributed by atoms with van der Waals surface area (Å²) in [5.74, 6) is -0.872. The van der Waals surface area contributed by atoms with Gasteiger partial charge >= 0.3 is 0 Å². The van der Waals surface area contributed by atoms with Gasteiger partial charge in [0.05, 0.1) is 29.6 Å². The molecule has 1 heterocycles. The molecule has 4 rings (SSSR count). The van der Waals surface area contributed by atoms with Crippen LogP contribution >= 0.6 is 0 Å². The monoisotopic (exact) mass is 461 g/mol. The molecule has 3 amide bonds. The van der Waals surface area contributed by atoms with Gasteiger partial charge in [-0.2, -0.15) is 0 Å². The van der Waals surface area contributed by atoms with Crippen LogP contribution in [0.5, 0.6) is 5.75 Å². The third kappa shape index (κ3) is 5.06. The highest BCUT2D eigenvalue weighted by Crippen LogP contribution is 2.32. The van der Waals surface area contributed by atoms with Crippen molar-refractivity contribution in [3.05, 3.63) is 101 Å². The Labute approximate surface area is 196 Å². The highest BCUT2D eigenvalue weighted by molar-refractivity contribution is 6.07. The smallest absolute Gasteiger partial charge is 0.252 e. The molecular formula is C26H24FN3O4. The molecule has 3 N–H and O–H groups in total. The Balaban J connectivity index is 1.57. The van der Waals surface area contributed by atoms with Crippen molar-refractivity contribution < 1.29 is 23.5 Å². The number of halogens is 1.